The number of halogens is 6. The molecule has 14 heteroatoms. The normalized spacial score (nSPS) is 15.4. The molecule has 1 saturated carbocycles. The molecule has 8 nitrogen and oxygen atoms in total. The second-order valence-corrected chi connectivity index (χ2v) is 7.88. The highest BCUT2D eigenvalue weighted by atomic mass is 35.5. The van der Waals surface area contributed by atoms with Crippen molar-refractivity contribution in [1.29, 1.82) is 10.7 Å². The summed E-state index contributed by atoms with van der Waals surface area (Å²) in [6.07, 6.45) is -3.13. The lowest BCUT2D eigenvalue weighted by atomic mass is 10.0. The molecule has 0 aliphatic heterocycles. The predicted octanol–water partition coefficient (Wildman–Crippen LogP) is 4.32. The molecular formula is C20H16ClF5N6O2. The van der Waals surface area contributed by atoms with Crippen LogP contribution < -0.4 is 10.6 Å². The standard InChI is InChI=1S/C20H16ClF5N6O2/c1-32-16(14(33)15(31-32)19(22,23)20(24,25)26)29-8-11(7-27)10-2-3-13(21)12(6-10)17(34)30-18(9-28)4-5-18/h2-3,6-8,27,29,33H,4-5H2,1H3,(H,30,34)/b11-8+,27-7?. The monoisotopic (exact) mass is 502 g/mol. The van der Waals surface area contributed by atoms with Gasteiger partial charge in [0, 0.05) is 25.0 Å². The highest BCUT2D eigenvalue weighted by molar-refractivity contribution is 6.34. The van der Waals surface area contributed by atoms with Crippen LogP contribution in [0, 0.1) is 16.7 Å². The molecule has 34 heavy (non-hydrogen) atoms. The van der Waals surface area contributed by atoms with Crippen LogP contribution in [0.4, 0.5) is 27.8 Å². The van der Waals surface area contributed by atoms with Gasteiger partial charge in [-0.2, -0.15) is 32.3 Å². The van der Waals surface area contributed by atoms with Crippen molar-refractivity contribution < 1.29 is 31.9 Å². The third-order valence-electron chi connectivity index (χ3n) is 5.06. The summed E-state index contributed by atoms with van der Waals surface area (Å²) < 4.78 is 65.9. The van der Waals surface area contributed by atoms with Crippen LogP contribution in [-0.2, 0) is 13.0 Å². The zero-order chi connectivity index (χ0) is 25.5. The number of carbonyl (C=O) groups excluding carboxylic acids is 1. The molecule has 1 aromatic carbocycles. The number of aryl methyl sites for hydroxylation is 1. The summed E-state index contributed by atoms with van der Waals surface area (Å²) in [6, 6.07) is 6.11. The molecule has 0 radical (unpaired) electrons. The van der Waals surface area contributed by atoms with Gasteiger partial charge in [0.2, 0.25) is 0 Å². The summed E-state index contributed by atoms with van der Waals surface area (Å²) in [5.41, 5.74) is -2.53. The second-order valence-electron chi connectivity index (χ2n) is 7.47. The Morgan fingerprint density at radius 3 is 2.53 bits per heavy atom. The van der Waals surface area contributed by atoms with Gasteiger partial charge in [-0.3, -0.25) is 4.79 Å². The van der Waals surface area contributed by atoms with Gasteiger partial charge in [-0.1, -0.05) is 17.7 Å². The SMILES string of the molecule is Cn1nc(C(F)(F)C(F)(F)F)c(O)c1N/C=C(\C=N)c1ccc(Cl)c(C(=O)NC2(C#N)CC2)c1. The number of alkyl halides is 5. The molecule has 1 amide bonds. The van der Waals surface area contributed by atoms with Crippen LogP contribution in [0.15, 0.2) is 24.4 Å². The molecule has 0 bridgehead atoms. The first-order valence-electron chi connectivity index (χ1n) is 9.48. The molecule has 180 valence electrons. The van der Waals surface area contributed by atoms with Gasteiger partial charge in [0.25, 0.3) is 5.91 Å². The molecular weight excluding hydrogens is 487 g/mol. The van der Waals surface area contributed by atoms with Gasteiger partial charge in [0.05, 0.1) is 16.7 Å². The Hall–Kier alpha value is -3.66. The molecule has 0 atom stereocenters. The molecule has 0 unspecified atom stereocenters. The lowest BCUT2D eigenvalue weighted by Crippen LogP contribution is -2.35. The van der Waals surface area contributed by atoms with Crippen LogP contribution in [0.3, 0.4) is 0 Å². The van der Waals surface area contributed by atoms with E-state index in [9.17, 15) is 31.9 Å². The van der Waals surface area contributed by atoms with Crippen molar-refractivity contribution in [3.63, 3.8) is 0 Å². The van der Waals surface area contributed by atoms with E-state index in [-0.39, 0.29) is 21.7 Å². The summed E-state index contributed by atoms with van der Waals surface area (Å²) >= 11 is 6.08. The maximum absolute atomic E-state index is 13.6. The van der Waals surface area contributed by atoms with Gasteiger partial charge in [-0.05, 0) is 30.5 Å². The summed E-state index contributed by atoms with van der Waals surface area (Å²) in [6.45, 7) is 0. The van der Waals surface area contributed by atoms with E-state index in [1.54, 1.807) is 0 Å². The molecule has 1 aromatic heterocycles. The lowest BCUT2D eigenvalue weighted by molar-refractivity contribution is -0.291. The summed E-state index contributed by atoms with van der Waals surface area (Å²) in [7, 11) is 1.03. The fourth-order valence-corrected chi connectivity index (χ4v) is 3.13. The second kappa shape index (κ2) is 8.60. The maximum atomic E-state index is 13.6. The van der Waals surface area contributed by atoms with E-state index in [2.05, 4.69) is 15.7 Å². The quantitative estimate of drug-likeness (QED) is 0.331. The van der Waals surface area contributed by atoms with Crippen LogP contribution in [0.1, 0.15) is 34.5 Å². The number of allylic oxidation sites excluding steroid dienone is 1. The Balaban J connectivity index is 1.91. The summed E-state index contributed by atoms with van der Waals surface area (Å²) in [4.78, 5) is 12.5. The van der Waals surface area contributed by atoms with Gasteiger partial charge in [0.1, 0.15) is 5.54 Å². The van der Waals surface area contributed by atoms with Crippen molar-refractivity contribution in [2.45, 2.75) is 30.5 Å². The van der Waals surface area contributed by atoms with Gasteiger partial charge in [-0.25, -0.2) is 4.68 Å². The van der Waals surface area contributed by atoms with Crippen molar-refractivity contribution in [3.05, 3.63) is 46.2 Å². The van der Waals surface area contributed by atoms with Crippen molar-refractivity contribution in [3.8, 4) is 11.8 Å². The predicted molar refractivity (Wildman–Crippen MR) is 112 cm³/mol. The summed E-state index contributed by atoms with van der Waals surface area (Å²) in [5, 5.41) is 34.8. The fraction of sp³-hybridized carbons (Fsp3) is 0.300. The number of hydrogen-bond acceptors (Lipinski definition) is 6. The smallest absolute Gasteiger partial charge is 0.459 e. The number of nitriles is 1. The largest absolute Gasteiger partial charge is 0.503 e. The molecule has 4 N–H and O–H groups in total. The first-order chi connectivity index (χ1) is 15.8. The van der Waals surface area contributed by atoms with Crippen molar-refractivity contribution >= 4 is 35.1 Å². The van der Waals surface area contributed by atoms with E-state index in [0.29, 0.717) is 17.5 Å². The number of carbonyl (C=O) groups is 1. The minimum atomic E-state index is -5.98. The number of nitrogens with one attached hydrogen (secondary N) is 3. The molecule has 1 heterocycles. The van der Waals surface area contributed by atoms with E-state index in [4.69, 9.17) is 22.3 Å². The highest BCUT2D eigenvalue weighted by Crippen LogP contribution is 2.48. The Morgan fingerprint density at radius 1 is 1.35 bits per heavy atom. The van der Waals surface area contributed by atoms with Crippen molar-refractivity contribution in [1.82, 2.24) is 15.1 Å². The minimum Gasteiger partial charge on any atom is -0.503 e. The lowest BCUT2D eigenvalue weighted by Gasteiger charge is -2.17. The molecule has 0 spiro atoms. The number of aromatic nitrogens is 2. The topological polar surface area (TPSA) is 127 Å². The average Bonchev–Trinajstić information content (AvgIpc) is 3.47. The molecule has 1 aliphatic carbocycles. The third kappa shape index (κ3) is 4.54. The number of amides is 1. The molecule has 0 saturated heterocycles. The van der Waals surface area contributed by atoms with Crippen molar-refractivity contribution in [2.75, 3.05) is 5.32 Å². The van der Waals surface area contributed by atoms with Gasteiger partial charge in [-0.15, -0.1) is 0 Å². The van der Waals surface area contributed by atoms with Gasteiger partial charge in [0.15, 0.2) is 17.3 Å². The zero-order valence-electron chi connectivity index (χ0n) is 17.3. The van der Waals surface area contributed by atoms with E-state index in [0.717, 1.165) is 19.5 Å². The average molecular weight is 503 g/mol. The van der Waals surface area contributed by atoms with Crippen LogP contribution >= 0.6 is 11.6 Å². The number of nitrogens with zero attached hydrogens (tertiary/aromatic N) is 3. The maximum Gasteiger partial charge on any atom is 0.459 e. The van der Waals surface area contributed by atoms with Crippen LogP contribution in [0.5, 0.6) is 5.75 Å². The van der Waals surface area contributed by atoms with E-state index >= 15 is 0 Å². The Labute approximate surface area is 194 Å². The first kappa shape index (κ1) is 25.0. The molecule has 2 aromatic rings. The number of benzene rings is 1. The summed E-state index contributed by atoms with van der Waals surface area (Å²) in [5.74, 6) is -8.03. The van der Waals surface area contributed by atoms with E-state index in [1.165, 1.54) is 18.2 Å². The van der Waals surface area contributed by atoms with Crippen LogP contribution in [0.2, 0.25) is 5.02 Å². The van der Waals surface area contributed by atoms with Gasteiger partial charge >= 0.3 is 12.1 Å². The molecule has 1 fully saturated rings. The third-order valence-corrected chi connectivity index (χ3v) is 5.39. The highest BCUT2D eigenvalue weighted by Gasteiger charge is 2.62. The number of hydrogen-bond donors (Lipinski definition) is 4. The number of rotatable bonds is 7. The van der Waals surface area contributed by atoms with Gasteiger partial charge < -0.3 is 21.1 Å². The Morgan fingerprint density at radius 2 is 2.00 bits per heavy atom. The number of anilines is 1. The van der Waals surface area contributed by atoms with E-state index in [1.807, 2.05) is 6.07 Å². The molecule has 1 aliphatic rings. The zero-order valence-corrected chi connectivity index (χ0v) is 18.0. The Kier molecular flexibility index (Phi) is 6.32. The molecule has 3 rings (SSSR count). The first-order valence-corrected chi connectivity index (χ1v) is 9.86. The fourth-order valence-electron chi connectivity index (χ4n) is 2.93. The van der Waals surface area contributed by atoms with Crippen LogP contribution in [-0.4, -0.2) is 38.7 Å². The Bertz CT molecular complexity index is 1230. The minimum absolute atomic E-state index is 0.00364. The van der Waals surface area contributed by atoms with Crippen LogP contribution in [0.25, 0.3) is 5.57 Å². The van der Waals surface area contributed by atoms with Crippen molar-refractivity contribution in [2.24, 2.45) is 7.05 Å². The number of aromatic hydroxyl groups is 1. The van der Waals surface area contributed by atoms with E-state index < -0.39 is 40.8 Å².